The number of para-hydroxylation sites is 2. The van der Waals surface area contributed by atoms with Gasteiger partial charge in [0.1, 0.15) is 5.75 Å². The van der Waals surface area contributed by atoms with Crippen LogP contribution in [0, 0.1) is 0 Å². The molecule has 110 valence electrons. The highest BCUT2D eigenvalue weighted by Crippen LogP contribution is 2.28. The van der Waals surface area contributed by atoms with E-state index in [-0.39, 0.29) is 24.2 Å². The van der Waals surface area contributed by atoms with Crippen LogP contribution < -0.4 is 5.32 Å². The van der Waals surface area contributed by atoms with Crippen molar-refractivity contribution in [2.75, 3.05) is 11.9 Å². The largest absolute Gasteiger partial charge is 0.506 e. The van der Waals surface area contributed by atoms with Crippen LogP contribution in [0.25, 0.3) is 0 Å². The van der Waals surface area contributed by atoms with Gasteiger partial charge >= 0.3 is 5.97 Å². The second-order valence-corrected chi connectivity index (χ2v) is 4.63. The second-order valence-electron chi connectivity index (χ2n) is 4.63. The summed E-state index contributed by atoms with van der Waals surface area (Å²) >= 11 is 0. The molecule has 0 unspecified atom stereocenters. The van der Waals surface area contributed by atoms with Gasteiger partial charge in [-0.15, -0.1) is 0 Å². The Morgan fingerprint density at radius 2 is 1.81 bits per heavy atom. The van der Waals surface area contributed by atoms with Gasteiger partial charge in [0, 0.05) is 0 Å². The third kappa shape index (κ3) is 4.24. The van der Waals surface area contributed by atoms with Crippen molar-refractivity contribution in [3.8, 4) is 5.75 Å². The quantitative estimate of drug-likeness (QED) is 0.630. The molecule has 0 saturated carbocycles. The van der Waals surface area contributed by atoms with Crippen LogP contribution in [0.5, 0.6) is 5.75 Å². The first-order valence-corrected chi connectivity index (χ1v) is 6.95. The van der Waals surface area contributed by atoms with Gasteiger partial charge in [0.15, 0.2) is 0 Å². The predicted octanol–water partition coefficient (Wildman–Crippen LogP) is 3.50. The van der Waals surface area contributed by atoms with Crippen LogP contribution in [0.4, 0.5) is 5.69 Å². The van der Waals surface area contributed by atoms with Crippen LogP contribution in [-0.2, 0) is 9.53 Å². The van der Waals surface area contributed by atoms with Gasteiger partial charge in [-0.05, 0) is 24.6 Å². The lowest BCUT2D eigenvalue weighted by molar-refractivity contribution is -0.143. The molecule has 0 bridgehead atoms. The summed E-state index contributed by atoms with van der Waals surface area (Å²) in [6, 6.07) is 16.3. The number of phenols is 1. The first-order valence-electron chi connectivity index (χ1n) is 6.95. The molecule has 0 spiro atoms. The first-order chi connectivity index (χ1) is 10.2. The number of benzene rings is 2. The van der Waals surface area contributed by atoms with Crippen LogP contribution in [0.2, 0.25) is 0 Å². The Bertz CT molecular complexity index is 584. The van der Waals surface area contributed by atoms with E-state index in [9.17, 15) is 9.90 Å². The molecule has 2 N–H and O–H groups in total. The van der Waals surface area contributed by atoms with Crippen LogP contribution in [-0.4, -0.2) is 17.7 Å². The number of carbonyl (C=O) groups excluding carboxylic acids is 1. The van der Waals surface area contributed by atoms with E-state index >= 15 is 0 Å². The Labute approximate surface area is 124 Å². The highest BCUT2D eigenvalue weighted by atomic mass is 16.5. The molecule has 21 heavy (non-hydrogen) atoms. The zero-order chi connectivity index (χ0) is 15.1. The van der Waals surface area contributed by atoms with E-state index in [4.69, 9.17) is 4.74 Å². The number of aromatic hydroxyl groups is 1. The molecule has 1 atom stereocenters. The maximum absolute atomic E-state index is 11.8. The SMILES string of the molecule is CCOC(=O)C[C@H](Nc1ccccc1O)c1ccccc1. The monoisotopic (exact) mass is 285 g/mol. The summed E-state index contributed by atoms with van der Waals surface area (Å²) in [6.45, 7) is 2.14. The van der Waals surface area contributed by atoms with Crippen molar-refractivity contribution in [1.29, 1.82) is 0 Å². The zero-order valence-electron chi connectivity index (χ0n) is 12.0. The summed E-state index contributed by atoms with van der Waals surface area (Å²) in [5.41, 5.74) is 1.56. The maximum atomic E-state index is 11.8. The number of anilines is 1. The third-order valence-electron chi connectivity index (χ3n) is 3.11. The second kappa shape index (κ2) is 7.33. The fourth-order valence-electron chi connectivity index (χ4n) is 2.11. The fraction of sp³-hybridized carbons (Fsp3) is 0.235. The van der Waals surface area contributed by atoms with Gasteiger partial charge in [-0.2, -0.15) is 0 Å². The first kappa shape index (κ1) is 14.9. The van der Waals surface area contributed by atoms with E-state index in [1.165, 1.54) is 0 Å². The zero-order valence-corrected chi connectivity index (χ0v) is 12.0. The topological polar surface area (TPSA) is 58.6 Å². The molecule has 2 aromatic carbocycles. The highest BCUT2D eigenvalue weighted by Gasteiger charge is 2.17. The van der Waals surface area contributed by atoms with Gasteiger partial charge in [-0.25, -0.2) is 0 Å². The van der Waals surface area contributed by atoms with Crippen molar-refractivity contribution in [3.63, 3.8) is 0 Å². The number of phenolic OH excluding ortho intramolecular Hbond substituents is 1. The summed E-state index contributed by atoms with van der Waals surface area (Å²) in [5.74, 6) is -0.114. The number of carbonyl (C=O) groups is 1. The number of nitrogens with one attached hydrogen (secondary N) is 1. The Morgan fingerprint density at radius 1 is 1.14 bits per heavy atom. The van der Waals surface area contributed by atoms with E-state index < -0.39 is 0 Å². The molecule has 0 aliphatic carbocycles. The average molecular weight is 285 g/mol. The van der Waals surface area contributed by atoms with Crippen molar-refractivity contribution in [3.05, 3.63) is 60.2 Å². The number of rotatable bonds is 6. The van der Waals surface area contributed by atoms with Crippen LogP contribution in [0.3, 0.4) is 0 Å². The number of ether oxygens (including phenoxy) is 1. The van der Waals surface area contributed by atoms with Crippen molar-refractivity contribution in [2.45, 2.75) is 19.4 Å². The van der Waals surface area contributed by atoms with E-state index in [2.05, 4.69) is 5.32 Å². The van der Waals surface area contributed by atoms with Crippen LogP contribution in [0.1, 0.15) is 24.9 Å². The molecule has 0 radical (unpaired) electrons. The van der Waals surface area contributed by atoms with Crippen molar-refractivity contribution in [2.24, 2.45) is 0 Å². The molecular weight excluding hydrogens is 266 g/mol. The predicted molar refractivity (Wildman–Crippen MR) is 82.2 cm³/mol. The van der Waals surface area contributed by atoms with Gasteiger partial charge in [0.05, 0.1) is 24.8 Å². The average Bonchev–Trinajstić information content (AvgIpc) is 2.50. The van der Waals surface area contributed by atoms with Gasteiger partial charge in [0.25, 0.3) is 0 Å². The fourth-order valence-corrected chi connectivity index (χ4v) is 2.11. The number of esters is 1. The van der Waals surface area contributed by atoms with Gasteiger partial charge in [-0.1, -0.05) is 42.5 Å². The minimum Gasteiger partial charge on any atom is -0.506 e. The van der Waals surface area contributed by atoms with Gasteiger partial charge in [-0.3, -0.25) is 4.79 Å². The number of hydrogen-bond acceptors (Lipinski definition) is 4. The minimum absolute atomic E-state index is 0.155. The highest BCUT2D eigenvalue weighted by molar-refractivity contribution is 5.71. The summed E-state index contributed by atoms with van der Waals surface area (Å²) in [5, 5.41) is 13.1. The van der Waals surface area contributed by atoms with E-state index in [0.717, 1.165) is 5.56 Å². The van der Waals surface area contributed by atoms with Gasteiger partial charge < -0.3 is 15.2 Å². The lowest BCUT2D eigenvalue weighted by Crippen LogP contribution is -2.17. The van der Waals surface area contributed by atoms with Crippen molar-refractivity contribution < 1.29 is 14.6 Å². The molecule has 0 heterocycles. The Hall–Kier alpha value is -2.49. The van der Waals surface area contributed by atoms with Gasteiger partial charge in [0.2, 0.25) is 0 Å². The van der Waals surface area contributed by atoms with Crippen LogP contribution >= 0.6 is 0 Å². The molecule has 0 fully saturated rings. The lowest BCUT2D eigenvalue weighted by atomic mass is 10.0. The lowest BCUT2D eigenvalue weighted by Gasteiger charge is -2.20. The molecule has 2 rings (SSSR count). The van der Waals surface area contributed by atoms with Crippen LogP contribution in [0.15, 0.2) is 54.6 Å². The van der Waals surface area contributed by atoms with E-state index in [0.29, 0.717) is 12.3 Å². The molecule has 0 amide bonds. The molecule has 4 nitrogen and oxygen atoms in total. The van der Waals surface area contributed by atoms with Crippen molar-refractivity contribution in [1.82, 2.24) is 0 Å². The summed E-state index contributed by atoms with van der Waals surface area (Å²) in [7, 11) is 0. The standard InChI is InChI=1S/C17H19NO3/c1-2-21-17(20)12-15(13-8-4-3-5-9-13)18-14-10-6-7-11-16(14)19/h3-11,15,18-19H,2,12H2,1H3/t15-/m0/s1. The number of hydrogen-bond donors (Lipinski definition) is 2. The smallest absolute Gasteiger partial charge is 0.308 e. The molecule has 0 saturated heterocycles. The molecule has 0 aromatic heterocycles. The molecule has 0 aliphatic rings. The van der Waals surface area contributed by atoms with E-state index in [1.54, 1.807) is 25.1 Å². The Balaban J connectivity index is 2.20. The molecular formula is C17H19NO3. The minimum atomic E-state index is -0.269. The maximum Gasteiger partial charge on any atom is 0.308 e. The summed E-state index contributed by atoms with van der Waals surface area (Å²) in [6.07, 6.45) is 0.201. The van der Waals surface area contributed by atoms with Crippen molar-refractivity contribution >= 4 is 11.7 Å². The molecule has 4 heteroatoms. The molecule has 2 aromatic rings. The molecule has 0 aliphatic heterocycles. The Kier molecular flexibility index (Phi) is 5.21. The third-order valence-corrected chi connectivity index (χ3v) is 3.11. The summed E-state index contributed by atoms with van der Waals surface area (Å²) in [4.78, 5) is 11.8. The Morgan fingerprint density at radius 3 is 2.48 bits per heavy atom. The van der Waals surface area contributed by atoms with E-state index in [1.807, 2.05) is 36.4 Å². The summed E-state index contributed by atoms with van der Waals surface area (Å²) < 4.78 is 5.02. The normalized spacial score (nSPS) is 11.7.